The highest BCUT2D eigenvalue weighted by molar-refractivity contribution is 7.86. The molecule has 2 aliphatic rings. The van der Waals surface area contributed by atoms with Crippen molar-refractivity contribution in [2.75, 3.05) is 20.3 Å². The molecule has 194 valence electrons. The van der Waals surface area contributed by atoms with Gasteiger partial charge in [-0.1, -0.05) is 17.7 Å². The molecule has 0 aliphatic carbocycles. The van der Waals surface area contributed by atoms with E-state index in [0.717, 1.165) is 5.56 Å². The Balaban J connectivity index is 1.77. The van der Waals surface area contributed by atoms with Crippen LogP contribution in [0.5, 0.6) is 0 Å². The Morgan fingerprint density at radius 1 is 0.882 bits per heavy atom. The van der Waals surface area contributed by atoms with E-state index in [4.69, 9.17) is 23.1 Å². The third-order valence-electron chi connectivity index (χ3n) is 5.74. The Labute approximate surface area is 196 Å². The van der Waals surface area contributed by atoms with Crippen molar-refractivity contribution >= 4 is 10.1 Å². The van der Waals surface area contributed by atoms with Crippen molar-refractivity contribution in [3.8, 4) is 0 Å². The standard InChI is InChI=1S/C20H30O13S/c1-9-3-5-10(6-4-9)34(27,28)30-8-12-18(13(22)15(24)19(26)31-12)33-20-16(25)14(23)17(29-2)11(7-21)32-20/h3-6,11-26H,7-8H2,1-2H3/t11?,12?,13-,14-,15-,16-,17-,18-,19+,20-/m1/s1. The summed E-state index contributed by atoms with van der Waals surface area (Å²) in [5.74, 6) is 0. The van der Waals surface area contributed by atoms with Gasteiger partial charge in [0.2, 0.25) is 0 Å². The van der Waals surface area contributed by atoms with E-state index in [0.29, 0.717) is 0 Å². The average Bonchev–Trinajstić information content (AvgIpc) is 2.81. The number of aliphatic hydroxyl groups is 6. The summed E-state index contributed by atoms with van der Waals surface area (Å²) in [5, 5.41) is 60.6. The van der Waals surface area contributed by atoms with Gasteiger partial charge in [0.05, 0.1) is 18.1 Å². The second kappa shape index (κ2) is 11.2. The van der Waals surface area contributed by atoms with E-state index in [1.807, 2.05) is 0 Å². The molecule has 2 unspecified atom stereocenters. The number of ether oxygens (including phenoxy) is 4. The predicted octanol–water partition coefficient (Wildman–Crippen LogP) is -3.02. The van der Waals surface area contributed by atoms with Gasteiger partial charge >= 0.3 is 0 Å². The van der Waals surface area contributed by atoms with E-state index in [1.165, 1.54) is 19.2 Å². The molecular weight excluding hydrogens is 480 g/mol. The quantitative estimate of drug-likeness (QED) is 0.193. The first-order valence-electron chi connectivity index (χ1n) is 10.5. The number of hydrogen-bond donors (Lipinski definition) is 6. The summed E-state index contributed by atoms with van der Waals surface area (Å²) in [7, 11) is -3.01. The van der Waals surface area contributed by atoms with Gasteiger partial charge in [0.1, 0.15) is 48.8 Å². The Hall–Kier alpha value is -1.27. The molecule has 0 spiro atoms. The van der Waals surface area contributed by atoms with Gasteiger partial charge in [-0.15, -0.1) is 0 Å². The summed E-state index contributed by atoms with van der Waals surface area (Å²) in [6.45, 7) is 0.434. The molecule has 0 amide bonds. The average molecular weight is 511 g/mol. The highest BCUT2D eigenvalue weighted by Crippen LogP contribution is 2.30. The molecule has 34 heavy (non-hydrogen) atoms. The van der Waals surface area contributed by atoms with Crippen LogP contribution >= 0.6 is 0 Å². The summed E-state index contributed by atoms with van der Waals surface area (Å²) >= 11 is 0. The van der Waals surface area contributed by atoms with Crippen molar-refractivity contribution in [2.24, 2.45) is 0 Å². The maximum atomic E-state index is 12.5. The molecule has 0 bridgehead atoms. The molecule has 6 N–H and O–H groups in total. The highest BCUT2D eigenvalue weighted by atomic mass is 32.2. The summed E-state index contributed by atoms with van der Waals surface area (Å²) in [5.41, 5.74) is 0.827. The van der Waals surface area contributed by atoms with Crippen LogP contribution in [0.15, 0.2) is 29.2 Å². The fourth-order valence-electron chi connectivity index (χ4n) is 3.76. The molecule has 13 nitrogen and oxygen atoms in total. The van der Waals surface area contributed by atoms with Gasteiger partial charge in [-0.05, 0) is 19.1 Å². The number of aryl methyl sites for hydroxylation is 1. The summed E-state index contributed by atoms with van der Waals surface area (Å²) in [6, 6.07) is 5.81. The first-order chi connectivity index (χ1) is 16.0. The van der Waals surface area contributed by atoms with Gasteiger partial charge in [-0.25, -0.2) is 0 Å². The highest BCUT2D eigenvalue weighted by Gasteiger charge is 2.51. The van der Waals surface area contributed by atoms with Crippen LogP contribution in [-0.2, 0) is 33.2 Å². The maximum Gasteiger partial charge on any atom is 0.297 e. The third-order valence-corrected chi connectivity index (χ3v) is 7.04. The van der Waals surface area contributed by atoms with Crippen LogP contribution in [0.4, 0.5) is 0 Å². The minimum atomic E-state index is -4.26. The summed E-state index contributed by atoms with van der Waals surface area (Å²) < 4.78 is 51.3. The topological polar surface area (TPSA) is 202 Å². The molecule has 14 heteroatoms. The van der Waals surface area contributed by atoms with Gasteiger partial charge in [-0.3, -0.25) is 4.18 Å². The SMILES string of the molecule is CO[C@@H]1C(CO)O[C@H](O[C@@H]2C(COS(=O)(=O)c3ccc(C)cc3)O[C@H](O)[C@H](O)[C@H]2O)[C@H](O)[C@H]1O. The lowest BCUT2D eigenvalue weighted by Gasteiger charge is -2.46. The van der Waals surface area contributed by atoms with Crippen molar-refractivity contribution in [3.63, 3.8) is 0 Å². The molecule has 0 radical (unpaired) electrons. The first-order valence-corrected chi connectivity index (χ1v) is 11.9. The van der Waals surface area contributed by atoms with Crippen LogP contribution in [-0.4, -0.2) is 121 Å². The molecule has 3 rings (SSSR count). The summed E-state index contributed by atoms with van der Waals surface area (Å²) in [6.07, 6.45) is -15.7. The lowest BCUT2D eigenvalue weighted by Crippen LogP contribution is -2.64. The van der Waals surface area contributed by atoms with Gasteiger partial charge < -0.3 is 49.6 Å². The van der Waals surface area contributed by atoms with E-state index < -0.39 is 84.7 Å². The molecule has 2 saturated heterocycles. The van der Waals surface area contributed by atoms with Crippen LogP contribution in [0.3, 0.4) is 0 Å². The summed E-state index contributed by atoms with van der Waals surface area (Å²) in [4.78, 5) is -0.141. The minimum Gasteiger partial charge on any atom is -0.394 e. The molecule has 0 aromatic heterocycles. The minimum absolute atomic E-state index is 0.141. The zero-order chi connectivity index (χ0) is 25.2. The Kier molecular flexibility index (Phi) is 9.00. The van der Waals surface area contributed by atoms with Crippen molar-refractivity contribution in [3.05, 3.63) is 29.8 Å². The Morgan fingerprint density at radius 2 is 1.50 bits per heavy atom. The van der Waals surface area contributed by atoms with E-state index in [2.05, 4.69) is 0 Å². The number of aliphatic hydroxyl groups excluding tert-OH is 6. The van der Waals surface area contributed by atoms with E-state index >= 15 is 0 Å². The monoisotopic (exact) mass is 510 g/mol. The van der Waals surface area contributed by atoms with Crippen LogP contribution in [0.25, 0.3) is 0 Å². The number of benzene rings is 1. The Morgan fingerprint density at radius 3 is 2.09 bits per heavy atom. The maximum absolute atomic E-state index is 12.5. The van der Waals surface area contributed by atoms with Gasteiger partial charge in [0.25, 0.3) is 10.1 Å². The molecule has 1 aromatic rings. The Bertz CT molecular complexity index is 892. The molecule has 1 aromatic carbocycles. The zero-order valence-corrected chi connectivity index (χ0v) is 19.3. The molecular formula is C20H30O13S. The number of methoxy groups -OCH3 is 1. The second-order valence-electron chi connectivity index (χ2n) is 8.11. The van der Waals surface area contributed by atoms with Crippen LogP contribution in [0.1, 0.15) is 5.56 Å². The number of hydrogen-bond acceptors (Lipinski definition) is 13. The first kappa shape index (κ1) is 27.3. The lowest BCUT2D eigenvalue weighted by molar-refractivity contribution is -0.355. The number of rotatable bonds is 8. The third kappa shape index (κ3) is 5.75. The van der Waals surface area contributed by atoms with Crippen molar-refractivity contribution in [1.29, 1.82) is 0 Å². The van der Waals surface area contributed by atoms with E-state index in [9.17, 15) is 39.1 Å². The van der Waals surface area contributed by atoms with Crippen molar-refractivity contribution < 1.29 is 62.2 Å². The fraction of sp³-hybridized carbons (Fsp3) is 0.700. The molecule has 2 aliphatic heterocycles. The van der Waals surface area contributed by atoms with Gasteiger partial charge in [-0.2, -0.15) is 8.42 Å². The van der Waals surface area contributed by atoms with Gasteiger partial charge in [0.15, 0.2) is 12.6 Å². The smallest absolute Gasteiger partial charge is 0.297 e. The fourth-order valence-corrected chi connectivity index (χ4v) is 4.68. The lowest BCUT2D eigenvalue weighted by atomic mass is 9.97. The molecule has 2 fully saturated rings. The molecule has 0 saturated carbocycles. The van der Waals surface area contributed by atoms with Crippen LogP contribution < -0.4 is 0 Å². The molecule has 2 heterocycles. The van der Waals surface area contributed by atoms with Gasteiger partial charge in [0, 0.05) is 7.11 Å². The van der Waals surface area contributed by atoms with Crippen molar-refractivity contribution in [1.82, 2.24) is 0 Å². The van der Waals surface area contributed by atoms with E-state index in [1.54, 1.807) is 19.1 Å². The normalized spacial score (nSPS) is 39.2. The zero-order valence-electron chi connectivity index (χ0n) is 18.4. The second-order valence-corrected chi connectivity index (χ2v) is 9.72. The van der Waals surface area contributed by atoms with Crippen LogP contribution in [0, 0.1) is 6.92 Å². The largest absolute Gasteiger partial charge is 0.394 e. The van der Waals surface area contributed by atoms with E-state index in [-0.39, 0.29) is 4.90 Å². The van der Waals surface area contributed by atoms with Crippen molar-refractivity contribution in [2.45, 2.75) is 73.2 Å². The predicted molar refractivity (Wildman–Crippen MR) is 111 cm³/mol. The molecule has 10 atom stereocenters. The van der Waals surface area contributed by atoms with Crippen LogP contribution in [0.2, 0.25) is 0 Å².